The lowest BCUT2D eigenvalue weighted by molar-refractivity contribution is 0.173. The SMILES string of the molecule is Fc1ccc([C@@H]2CCNC[C@H]2COc2ccc3c(c2)OCO3)cc1.O=S(=O)(O)c1cccc2ccccc12. The summed E-state index contributed by atoms with van der Waals surface area (Å²) in [7, 11) is -4.13. The van der Waals surface area contributed by atoms with Gasteiger partial charge >= 0.3 is 0 Å². The summed E-state index contributed by atoms with van der Waals surface area (Å²) in [5.41, 5.74) is 1.18. The van der Waals surface area contributed by atoms with E-state index in [0.29, 0.717) is 23.8 Å². The Balaban J connectivity index is 0.000000179. The molecule has 198 valence electrons. The van der Waals surface area contributed by atoms with E-state index in [1.165, 1.54) is 23.8 Å². The van der Waals surface area contributed by atoms with Gasteiger partial charge in [-0.2, -0.15) is 8.42 Å². The Kier molecular flexibility index (Phi) is 7.78. The molecule has 2 heterocycles. The number of hydrogen-bond acceptors (Lipinski definition) is 6. The van der Waals surface area contributed by atoms with E-state index in [1.807, 2.05) is 36.4 Å². The second-order valence-electron chi connectivity index (χ2n) is 9.19. The molecule has 0 unspecified atom stereocenters. The smallest absolute Gasteiger partial charge is 0.295 e. The molecular weight excluding hydrogens is 509 g/mol. The number of benzene rings is 4. The van der Waals surface area contributed by atoms with Crippen LogP contribution in [0.5, 0.6) is 17.2 Å². The van der Waals surface area contributed by atoms with Crippen LogP contribution >= 0.6 is 0 Å². The largest absolute Gasteiger partial charge is 0.493 e. The van der Waals surface area contributed by atoms with Crippen LogP contribution in [-0.2, 0) is 10.1 Å². The molecule has 0 spiro atoms. The third-order valence-corrected chi connectivity index (χ3v) is 7.65. The van der Waals surface area contributed by atoms with Crippen LogP contribution in [0, 0.1) is 11.7 Å². The van der Waals surface area contributed by atoms with Crippen molar-refractivity contribution in [2.24, 2.45) is 5.92 Å². The van der Waals surface area contributed by atoms with Gasteiger partial charge < -0.3 is 19.5 Å². The minimum absolute atomic E-state index is 0.0457. The van der Waals surface area contributed by atoms with Crippen molar-refractivity contribution < 1.29 is 31.6 Å². The molecular formula is C29H28FNO6S. The second-order valence-corrected chi connectivity index (χ2v) is 10.6. The summed E-state index contributed by atoms with van der Waals surface area (Å²) in [6.45, 7) is 2.74. The predicted molar refractivity (Wildman–Crippen MR) is 142 cm³/mol. The molecule has 0 bridgehead atoms. The van der Waals surface area contributed by atoms with Crippen molar-refractivity contribution >= 4 is 20.9 Å². The zero-order valence-corrected chi connectivity index (χ0v) is 21.4. The third kappa shape index (κ3) is 6.07. The number of piperidine rings is 1. The summed E-state index contributed by atoms with van der Waals surface area (Å²) < 4.78 is 60.8. The molecule has 7 nitrogen and oxygen atoms in total. The molecule has 4 aromatic carbocycles. The van der Waals surface area contributed by atoms with E-state index in [1.54, 1.807) is 30.3 Å². The van der Waals surface area contributed by atoms with E-state index in [-0.39, 0.29) is 17.5 Å². The zero-order valence-electron chi connectivity index (χ0n) is 20.5. The molecule has 1 saturated heterocycles. The van der Waals surface area contributed by atoms with Crippen molar-refractivity contribution in [2.75, 3.05) is 26.5 Å². The van der Waals surface area contributed by atoms with Crippen LogP contribution in [0.25, 0.3) is 10.8 Å². The summed E-state index contributed by atoms with van der Waals surface area (Å²) in [4.78, 5) is -0.0457. The van der Waals surface area contributed by atoms with Crippen LogP contribution < -0.4 is 19.5 Å². The highest BCUT2D eigenvalue weighted by Gasteiger charge is 2.27. The van der Waals surface area contributed by atoms with E-state index < -0.39 is 10.1 Å². The molecule has 6 rings (SSSR count). The van der Waals surface area contributed by atoms with E-state index in [2.05, 4.69) is 5.32 Å². The van der Waals surface area contributed by atoms with Gasteiger partial charge in [-0.15, -0.1) is 0 Å². The summed E-state index contributed by atoms with van der Waals surface area (Å²) in [6.07, 6.45) is 1.03. The highest BCUT2D eigenvalue weighted by molar-refractivity contribution is 7.86. The molecule has 0 aliphatic carbocycles. The Labute approximate surface area is 220 Å². The van der Waals surface area contributed by atoms with Crippen LogP contribution in [0.1, 0.15) is 17.9 Å². The summed E-state index contributed by atoms with van der Waals surface area (Å²) >= 11 is 0. The number of rotatable bonds is 5. The first kappa shape index (κ1) is 26.0. The van der Waals surface area contributed by atoms with Gasteiger partial charge in [-0.1, -0.05) is 48.5 Å². The second kappa shape index (κ2) is 11.4. The zero-order chi connectivity index (χ0) is 26.5. The van der Waals surface area contributed by atoms with Gasteiger partial charge in [0.25, 0.3) is 10.1 Å². The minimum Gasteiger partial charge on any atom is -0.493 e. The Bertz CT molecular complexity index is 1500. The van der Waals surface area contributed by atoms with Crippen molar-refractivity contribution in [2.45, 2.75) is 17.2 Å². The highest BCUT2D eigenvalue weighted by Crippen LogP contribution is 2.36. The number of ether oxygens (including phenoxy) is 3. The fourth-order valence-electron chi connectivity index (χ4n) is 4.84. The lowest BCUT2D eigenvalue weighted by Crippen LogP contribution is -2.38. The Morgan fingerprint density at radius 2 is 1.71 bits per heavy atom. The Morgan fingerprint density at radius 1 is 0.947 bits per heavy atom. The first-order chi connectivity index (χ1) is 18.4. The maximum atomic E-state index is 13.2. The normalized spacial score (nSPS) is 18.5. The third-order valence-electron chi connectivity index (χ3n) is 6.74. The molecule has 1 fully saturated rings. The first-order valence-electron chi connectivity index (χ1n) is 12.3. The molecule has 2 aliphatic rings. The summed E-state index contributed by atoms with van der Waals surface area (Å²) in [5, 5.41) is 4.76. The molecule has 2 N–H and O–H groups in total. The summed E-state index contributed by atoms with van der Waals surface area (Å²) in [5.74, 6) is 2.79. The monoisotopic (exact) mass is 537 g/mol. The number of fused-ring (bicyclic) bond motifs is 2. The fraction of sp³-hybridized carbons (Fsp3) is 0.241. The van der Waals surface area contributed by atoms with E-state index in [9.17, 15) is 12.8 Å². The molecule has 0 aromatic heterocycles. The minimum atomic E-state index is -4.13. The van der Waals surface area contributed by atoms with Gasteiger partial charge in [-0.05, 0) is 60.2 Å². The summed E-state index contributed by atoms with van der Waals surface area (Å²) in [6, 6.07) is 24.3. The van der Waals surface area contributed by atoms with Crippen molar-refractivity contribution in [3.63, 3.8) is 0 Å². The van der Waals surface area contributed by atoms with Gasteiger partial charge in [0, 0.05) is 23.9 Å². The molecule has 38 heavy (non-hydrogen) atoms. The molecule has 2 aliphatic heterocycles. The van der Waals surface area contributed by atoms with E-state index >= 15 is 0 Å². The lowest BCUT2D eigenvalue weighted by Gasteiger charge is -2.32. The quantitative estimate of drug-likeness (QED) is 0.329. The van der Waals surface area contributed by atoms with Gasteiger partial charge in [-0.25, -0.2) is 4.39 Å². The Hall–Kier alpha value is -3.66. The van der Waals surface area contributed by atoms with Crippen molar-refractivity contribution in [3.05, 3.63) is 96.3 Å². The molecule has 2 atom stereocenters. The predicted octanol–water partition coefficient (Wildman–Crippen LogP) is 5.41. The Morgan fingerprint density at radius 3 is 2.53 bits per heavy atom. The standard InChI is InChI=1S/C19H20FNO3.C10H8O3S/c20-15-3-1-13(2-4-15)17-7-8-21-10-14(17)11-22-16-5-6-18-19(9-16)24-12-23-18;11-14(12,13)10-7-3-5-8-4-1-2-6-9(8)10/h1-6,9,14,17,21H,7-8,10-12H2;1-7H,(H,11,12,13)/t14-,17-;/m0./s1. The van der Waals surface area contributed by atoms with Gasteiger partial charge in [-0.3, -0.25) is 4.55 Å². The first-order valence-corrected chi connectivity index (χ1v) is 13.8. The number of halogens is 1. The number of nitrogens with one attached hydrogen (secondary N) is 1. The van der Waals surface area contributed by atoms with E-state index in [4.69, 9.17) is 18.8 Å². The van der Waals surface area contributed by atoms with Gasteiger partial charge in [0.05, 0.1) is 6.61 Å². The molecule has 0 radical (unpaired) electrons. The van der Waals surface area contributed by atoms with Crippen LogP contribution in [-0.4, -0.2) is 39.5 Å². The molecule has 0 amide bonds. The van der Waals surface area contributed by atoms with Crippen LogP contribution in [0.2, 0.25) is 0 Å². The molecule has 0 saturated carbocycles. The highest BCUT2D eigenvalue weighted by atomic mass is 32.2. The van der Waals surface area contributed by atoms with Crippen LogP contribution in [0.15, 0.2) is 89.8 Å². The van der Waals surface area contributed by atoms with Crippen LogP contribution in [0.3, 0.4) is 0 Å². The van der Waals surface area contributed by atoms with Gasteiger partial charge in [0.1, 0.15) is 16.5 Å². The maximum absolute atomic E-state index is 13.2. The molecule has 9 heteroatoms. The maximum Gasteiger partial charge on any atom is 0.295 e. The van der Waals surface area contributed by atoms with Crippen LogP contribution in [0.4, 0.5) is 4.39 Å². The average Bonchev–Trinajstić information content (AvgIpc) is 3.40. The van der Waals surface area contributed by atoms with E-state index in [0.717, 1.165) is 42.1 Å². The lowest BCUT2D eigenvalue weighted by atomic mass is 9.81. The van der Waals surface area contributed by atoms with Crippen molar-refractivity contribution in [1.29, 1.82) is 0 Å². The average molecular weight is 538 g/mol. The molecule has 4 aromatic rings. The van der Waals surface area contributed by atoms with Gasteiger partial charge in [0.15, 0.2) is 11.5 Å². The number of hydrogen-bond donors (Lipinski definition) is 2. The fourth-order valence-corrected chi connectivity index (χ4v) is 5.55. The van der Waals surface area contributed by atoms with Gasteiger partial charge in [0.2, 0.25) is 6.79 Å². The van der Waals surface area contributed by atoms with Crippen molar-refractivity contribution in [1.82, 2.24) is 5.32 Å². The topological polar surface area (TPSA) is 94.1 Å². The van der Waals surface area contributed by atoms with Crippen molar-refractivity contribution in [3.8, 4) is 17.2 Å².